The van der Waals surface area contributed by atoms with Gasteiger partial charge in [-0.1, -0.05) is 18.2 Å². The first-order valence-electron chi connectivity index (χ1n) is 10.6. The molecule has 0 bridgehead atoms. The number of hydrogen-bond acceptors (Lipinski definition) is 7. The molecule has 8 nitrogen and oxygen atoms in total. The van der Waals surface area contributed by atoms with Gasteiger partial charge in [-0.2, -0.15) is 0 Å². The molecule has 3 heterocycles. The lowest BCUT2D eigenvalue weighted by Crippen LogP contribution is -2.45. The summed E-state index contributed by atoms with van der Waals surface area (Å²) in [4.78, 5) is 15.2. The monoisotopic (exact) mass is 452 g/mol. The summed E-state index contributed by atoms with van der Waals surface area (Å²) >= 11 is 5.38. The van der Waals surface area contributed by atoms with E-state index < -0.39 is 0 Å². The van der Waals surface area contributed by atoms with E-state index in [0.29, 0.717) is 28.9 Å². The predicted molar refractivity (Wildman–Crippen MR) is 120 cm³/mol. The van der Waals surface area contributed by atoms with Gasteiger partial charge < -0.3 is 19.2 Å². The van der Waals surface area contributed by atoms with Crippen LogP contribution in [-0.2, 0) is 6.67 Å². The maximum atomic E-state index is 12.6. The Kier molecular flexibility index (Phi) is 5.67. The van der Waals surface area contributed by atoms with Crippen LogP contribution in [0.4, 0.5) is 0 Å². The number of piperidine rings is 1. The highest BCUT2D eigenvalue weighted by Gasteiger charge is 2.23. The summed E-state index contributed by atoms with van der Waals surface area (Å²) in [5.41, 5.74) is 2.51. The summed E-state index contributed by atoms with van der Waals surface area (Å²) in [6.07, 6.45) is 1.75. The van der Waals surface area contributed by atoms with Crippen LogP contribution in [0, 0.1) is 11.8 Å². The molecule has 5 rings (SSSR count). The van der Waals surface area contributed by atoms with Crippen LogP contribution in [0.1, 0.15) is 28.8 Å². The lowest BCUT2D eigenvalue weighted by molar-refractivity contribution is 0.0895. The standard InChI is InChI=1S/C23H24N4O4S/c1-15-4-2-3-5-18(15)21(28)24-17-8-10-26(11-9-17)13-27-23(32)31-22(25-27)16-6-7-19-20(12-16)30-14-29-19/h2-7,12,17H,8-11,13-14H2,1H3,(H,24,28). The Balaban J connectivity index is 1.18. The number of fused-ring (bicyclic) bond motifs is 1. The second-order valence-corrected chi connectivity index (χ2v) is 8.41. The van der Waals surface area contributed by atoms with Gasteiger partial charge in [0.2, 0.25) is 12.7 Å². The molecule has 0 aliphatic carbocycles. The number of likely N-dealkylation sites (tertiary alicyclic amines) is 1. The zero-order chi connectivity index (χ0) is 22.1. The van der Waals surface area contributed by atoms with E-state index in [9.17, 15) is 4.79 Å². The van der Waals surface area contributed by atoms with Gasteiger partial charge in [-0.3, -0.25) is 9.69 Å². The Labute approximate surface area is 190 Å². The van der Waals surface area contributed by atoms with Crippen LogP contribution in [0.3, 0.4) is 0 Å². The third kappa shape index (κ3) is 4.26. The van der Waals surface area contributed by atoms with E-state index in [4.69, 9.17) is 26.1 Å². The molecule has 1 N–H and O–H groups in total. The quantitative estimate of drug-likeness (QED) is 0.590. The molecule has 9 heteroatoms. The van der Waals surface area contributed by atoms with Gasteiger partial charge in [0, 0.05) is 30.3 Å². The van der Waals surface area contributed by atoms with Crippen LogP contribution in [-0.4, -0.2) is 46.5 Å². The highest BCUT2D eigenvalue weighted by atomic mass is 32.1. The molecule has 0 atom stereocenters. The second kappa shape index (κ2) is 8.76. The largest absolute Gasteiger partial charge is 0.454 e. The molecular weight excluding hydrogens is 428 g/mol. The van der Waals surface area contributed by atoms with Crippen LogP contribution in [0.15, 0.2) is 46.9 Å². The fraction of sp³-hybridized carbons (Fsp3) is 0.348. The molecular formula is C23H24N4O4S. The Morgan fingerprint density at radius 2 is 1.94 bits per heavy atom. The van der Waals surface area contributed by atoms with E-state index >= 15 is 0 Å². The van der Waals surface area contributed by atoms with E-state index in [1.807, 2.05) is 49.4 Å². The summed E-state index contributed by atoms with van der Waals surface area (Å²) in [5, 5.41) is 7.72. The molecule has 2 aromatic carbocycles. The molecule has 1 saturated heterocycles. The normalized spacial score (nSPS) is 16.3. The zero-order valence-electron chi connectivity index (χ0n) is 17.7. The first-order chi connectivity index (χ1) is 15.6. The van der Waals surface area contributed by atoms with Crippen LogP contribution >= 0.6 is 12.2 Å². The number of aromatic nitrogens is 2. The molecule has 1 amide bonds. The second-order valence-electron chi connectivity index (χ2n) is 8.06. The van der Waals surface area contributed by atoms with Gasteiger partial charge >= 0.3 is 0 Å². The molecule has 1 aromatic heterocycles. The van der Waals surface area contributed by atoms with E-state index in [-0.39, 0.29) is 18.7 Å². The van der Waals surface area contributed by atoms with Gasteiger partial charge in [-0.15, -0.1) is 5.10 Å². The van der Waals surface area contributed by atoms with Gasteiger partial charge in [0.1, 0.15) is 0 Å². The lowest BCUT2D eigenvalue weighted by atomic mass is 10.0. The van der Waals surface area contributed by atoms with Crippen molar-refractivity contribution in [3.63, 3.8) is 0 Å². The van der Waals surface area contributed by atoms with E-state index in [1.165, 1.54) is 0 Å². The summed E-state index contributed by atoms with van der Waals surface area (Å²) < 4.78 is 18.2. The maximum absolute atomic E-state index is 12.6. The number of nitrogens with one attached hydrogen (secondary N) is 1. The molecule has 2 aliphatic heterocycles. The van der Waals surface area contributed by atoms with Crippen molar-refractivity contribution in [1.82, 2.24) is 20.0 Å². The lowest BCUT2D eigenvalue weighted by Gasteiger charge is -2.32. The van der Waals surface area contributed by atoms with Gasteiger partial charge in [-0.05, 0) is 61.8 Å². The Bertz CT molecular complexity index is 1200. The maximum Gasteiger partial charge on any atom is 0.288 e. The Hall–Kier alpha value is -3.17. The van der Waals surface area contributed by atoms with E-state index in [0.717, 1.165) is 42.6 Å². The predicted octanol–water partition coefficient (Wildman–Crippen LogP) is 3.76. The van der Waals surface area contributed by atoms with E-state index in [2.05, 4.69) is 15.3 Å². The highest BCUT2D eigenvalue weighted by Crippen LogP contribution is 2.35. The summed E-state index contributed by atoms with van der Waals surface area (Å²) in [6.45, 7) is 4.40. The number of hydrogen-bond donors (Lipinski definition) is 1. The van der Waals surface area contributed by atoms with Crippen LogP contribution in [0.2, 0.25) is 0 Å². The number of carbonyl (C=O) groups is 1. The van der Waals surface area contributed by atoms with Crippen LogP contribution < -0.4 is 14.8 Å². The Morgan fingerprint density at radius 1 is 1.16 bits per heavy atom. The van der Waals surface area contributed by atoms with Crippen molar-refractivity contribution in [3.05, 3.63) is 58.4 Å². The molecule has 1 fully saturated rings. The van der Waals surface area contributed by atoms with Crippen LogP contribution in [0.5, 0.6) is 11.5 Å². The van der Waals surface area contributed by atoms with Gasteiger partial charge in [0.25, 0.3) is 10.7 Å². The molecule has 0 unspecified atom stereocenters. The van der Waals surface area contributed by atoms with Crippen molar-refractivity contribution in [2.75, 3.05) is 19.9 Å². The molecule has 166 valence electrons. The zero-order valence-corrected chi connectivity index (χ0v) is 18.6. The topological polar surface area (TPSA) is 81.8 Å². The molecule has 2 aliphatic rings. The molecule has 0 saturated carbocycles. The number of benzene rings is 2. The fourth-order valence-electron chi connectivity index (χ4n) is 4.04. The van der Waals surface area contributed by atoms with Gasteiger partial charge in [-0.25, -0.2) is 4.68 Å². The number of nitrogens with zero attached hydrogens (tertiary/aromatic N) is 3. The summed E-state index contributed by atoms with van der Waals surface area (Å²) in [5.74, 6) is 1.83. The molecule has 0 radical (unpaired) electrons. The Morgan fingerprint density at radius 3 is 2.75 bits per heavy atom. The smallest absolute Gasteiger partial charge is 0.288 e. The number of amides is 1. The number of aryl methyl sites for hydroxylation is 1. The molecule has 32 heavy (non-hydrogen) atoms. The van der Waals surface area contributed by atoms with Crippen LogP contribution in [0.25, 0.3) is 11.5 Å². The average Bonchev–Trinajstić information content (AvgIpc) is 3.41. The van der Waals surface area contributed by atoms with Crippen molar-refractivity contribution in [1.29, 1.82) is 0 Å². The number of ether oxygens (including phenoxy) is 2. The molecule has 3 aromatic rings. The van der Waals surface area contributed by atoms with Crippen molar-refractivity contribution in [2.45, 2.75) is 32.5 Å². The van der Waals surface area contributed by atoms with Crippen molar-refractivity contribution in [2.24, 2.45) is 0 Å². The number of carbonyl (C=O) groups excluding carboxylic acids is 1. The van der Waals surface area contributed by atoms with Crippen molar-refractivity contribution < 1.29 is 18.7 Å². The fourth-order valence-corrected chi connectivity index (χ4v) is 4.22. The average molecular weight is 453 g/mol. The number of rotatable bonds is 5. The highest BCUT2D eigenvalue weighted by molar-refractivity contribution is 7.71. The minimum atomic E-state index is -0.00589. The third-order valence-electron chi connectivity index (χ3n) is 5.87. The minimum Gasteiger partial charge on any atom is -0.454 e. The van der Waals surface area contributed by atoms with Crippen molar-refractivity contribution >= 4 is 18.1 Å². The van der Waals surface area contributed by atoms with E-state index in [1.54, 1.807) is 4.68 Å². The van der Waals surface area contributed by atoms with Gasteiger partial charge in [0.15, 0.2) is 11.5 Å². The summed E-state index contributed by atoms with van der Waals surface area (Å²) in [7, 11) is 0. The first kappa shape index (κ1) is 20.7. The molecule has 0 spiro atoms. The third-order valence-corrected chi connectivity index (χ3v) is 6.17. The first-order valence-corrected chi connectivity index (χ1v) is 11.0. The van der Waals surface area contributed by atoms with Crippen molar-refractivity contribution in [3.8, 4) is 23.0 Å². The summed E-state index contributed by atoms with van der Waals surface area (Å²) in [6, 6.07) is 13.4. The minimum absolute atomic E-state index is 0.00589. The SMILES string of the molecule is Cc1ccccc1C(=O)NC1CCN(Cn2nc(-c3ccc4c(c3)OCO4)oc2=S)CC1. The van der Waals surface area contributed by atoms with Gasteiger partial charge in [0.05, 0.1) is 6.67 Å².